The maximum Gasteiger partial charge on any atom is 0.184 e. The molecular weight excluding hydrogens is 292 g/mol. The molecule has 0 aliphatic carbocycles. The van der Waals surface area contributed by atoms with Crippen molar-refractivity contribution < 1.29 is 4.74 Å². The molecular formula is C15H17ClN2OS. The van der Waals surface area contributed by atoms with Crippen LogP contribution >= 0.6 is 23.8 Å². The number of thiocarbonyl (C=S) groups is 1. The molecule has 20 heavy (non-hydrogen) atoms. The van der Waals surface area contributed by atoms with Crippen molar-refractivity contribution in [2.75, 3.05) is 6.54 Å². The molecule has 106 valence electrons. The van der Waals surface area contributed by atoms with E-state index in [0.717, 1.165) is 28.3 Å². The van der Waals surface area contributed by atoms with Crippen LogP contribution in [0, 0.1) is 6.92 Å². The molecule has 0 aromatic heterocycles. The van der Waals surface area contributed by atoms with Crippen molar-refractivity contribution in [3.8, 4) is 5.75 Å². The lowest BCUT2D eigenvalue weighted by Crippen LogP contribution is -2.64. The van der Waals surface area contributed by atoms with Gasteiger partial charge in [-0.25, -0.2) is 0 Å². The van der Waals surface area contributed by atoms with Crippen molar-refractivity contribution in [2.45, 2.75) is 32.0 Å². The first-order valence-electron chi connectivity index (χ1n) is 6.63. The average Bonchev–Trinajstić information content (AvgIpc) is 2.36. The Balaban J connectivity index is 2.10. The van der Waals surface area contributed by atoms with Gasteiger partial charge >= 0.3 is 0 Å². The zero-order valence-electron chi connectivity index (χ0n) is 11.6. The van der Waals surface area contributed by atoms with Crippen LogP contribution in [0.4, 0.5) is 0 Å². The first kappa shape index (κ1) is 13.7. The number of nitrogens with one attached hydrogen (secondary N) is 1. The zero-order valence-corrected chi connectivity index (χ0v) is 13.1. The van der Waals surface area contributed by atoms with Crippen molar-refractivity contribution in [1.82, 2.24) is 10.2 Å². The minimum Gasteiger partial charge on any atom is -0.467 e. The van der Waals surface area contributed by atoms with E-state index < -0.39 is 5.72 Å². The maximum atomic E-state index is 6.30. The second-order valence-electron chi connectivity index (χ2n) is 5.52. The average molecular weight is 309 g/mol. The monoisotopic (exact) mass is 308 g/mol. The van der Waals surface area contributed by atoms with Gasteiger partial charge in [0, 0.05) is 23.6 Å². The van der Waals surface area contributed by atoms with Gasteiger partial charge in [0.1, 0.15) is 5.75 Å². The Morgan fingerprint density at radius 2 is 2.40 bits per heavy atom. The number of hydrogen-bond donors (Lipinski definition) is 1. The Morgan fingerprint density at radius 3 is 3.10 bits per heavy atom. The lowest BCUT2D eigenvalue weighted by molar-refractivity contribution is -0.0636. The van der Waals surface area contributed by atoms with Crippen molar-refractivity contribution in [3.05, 3.63) is 40.9 Å². The second kappa shape index (κ2) is 4.64. The number of rotatable bonds is 2. The molecule has 1 aromatic rings. The normalized spacial score (nSPS) is 27.4. The molecule has 1 fully saturated rings. The van der Waals surface area contributed by atoms with Crippen LogP contribution in [0.1, 0.15) is 30.5 Å². The predicted octanol–water partition coefficient (Wildman–Crippen LogP) is 3.56. The molecule has 3 rings (SSSR count). The maximum absolute atomic E-state index is 6.30. The summed E-state index contributed by atoms with van der Waals surface area (Å²) in [5, 5.41) is 4.82. The first-order valence-corrected chi connectivity index (χ1v) is 7.41. The first-order chi connectivity index (χ1) is 9.44. The highest BCUT2D eigenvalue weighted by Gasteiger charge is 2.47. The standard InChI is InChI=1S/C15H17ClN2OS/c1-4-5-18-14(20)17-12-8-15(18,3)19-13-9(2)6-10(16)7-11(12)13/h4,6-7,12H,1,5,8H2,2-3H3,(H,17,20). The van der Waals surface area contributed by atoms with Gasteiger partial charge in [-0.05, 0) is 43.8 Å². The third-order valence-corrected chi connectivity index (χ3v) is 4.53. The van der Waals surface area contributed by atoms with Crippen LogP contribution in [0.15, 0.2) is 24.8 Å². The number of ether oxygens (including phenoxy) is 1. The van der Waals surface area contributed by atoms with Crippen molar-refractivity contribution >= 4 is 28.9 Å². The number of halogens is 1. The molecule has 0 amide bonds. The van der Waals surface area contributed by atoms with E-state index in [0.29, 0.717) is 11.7 Å². The van der Waals surface area contributed by atoms with Crippen LogP contribution in [-0.2, 0) is 0 Å². The molecule has 2 atom stereocenters. The SMILES string of the molecule is C=CCN1C(=S)NC2CC1(C)Oc1c(C)cc(Cl)cc12. The fourth-order valence-corrected chi connectivity index (χ4v) is 3.74. The van der Waals surface area contributed by atoms with E-state index in [9.17, 15) is 0 Å². The molecule has 3 nitrogen and oxygen atoms in total. The summed E-state index contributed by atoms with van der Waals surface area (Å²) in [5.74, 6) is 0.914. The van der Waals surface area contributed by atoms with Gasteiger partial charge in [0.15, 0.2) is 10.8 Å². The summed E-state index contributed by atoms with van der Waals surface area (Å²) in [6, 6.07) is 4.04. The molecule has 1 aromatic carbocycles. The van der Waals surface area contributed by atoms with Crippen LogP contribution in [0.3, 0.4) is 0 Å². The second-order valence-corrected chi connectivity index (χ2v) is 6.35. The summed E-state index contributed by atoms with van der Waals surface area (Å²) >= 11 is 11.6. The van der Waals surface area contributed by atoms with Gasteiger partial charge in [0.05, 0.1) is 6.04 Å². The highest BCUT2D eigenvalue weighted by Crippen LogP contribution is 2.46. The zero-order chi connectivity index (χ0) is 14.5. The number of aryl methyl sites for hydroxylation is 1. The number of benzene rings is 1. The summed E-state index contributed by atoms with van der Waals surface area (Å²) in [6.45, 7) is 8.56. The van der Waals surface area contributed by atoms with Gasteiger partial charge in [-0.1, -0.05) is 17.7 Å². The predicted molar refractivity (Wildman–Crippen MR) is 85.2 cm³/mol. The van der Waals surface area contributed by atoms with E-state index in [2.05, 4.69) is 18.8 Å². The number of nitrogens with zero attached hydrogens (tertiary/aromatic N) is 1. The molecule has 2 unspecified atom stereocenters. The molecule has 1 saturated heterocycles. The summed E-state index contributed by atoms with van der Waals surface area (Å²) in [5.41, 5.74) is 1.71. The molecule has 2 bridgehead atoms. The molecule has 1 N–H and O–H groups in total. The summed E-state index contributed by atoms with van der Waals surface area (Å²) in [6.07, 6.45) is 2.67. The van der Waals surface area contributed by atoms with Crippen LogP contribution in [0.5, 0.6) is 5.75 Å². The lowest BCUT2D eigenvalue weighted by Gasteiger charge is -2.52. The summed E-state index contributed by atoms with van der Waals surface area (Å²) in [7, 11) is 0. The smallest absolute Gasteiger partial charge is 0.184 e. The number of fused-ring (bicyclic) bond motifs is 4. The molecule has 5 heteroatoms. The quantitative estimate of drug-likeness (QED) is 0.667. The van der Waals surface area contributed by atoms with Gasteiger partial charge < -0.3 is 15.0 Å². The lowest BCUT2D eigenvalue weighted by atomic mass is 9.89. The topological polar surface area (TPSA) is 24.5 Å². The van der Waals surface area contributed by atoms with Crippen LogP contribution in [0.2, 0.25) is 5.02 Å². The Bertz CT molecular complexity index is 604. The van der Waals surface area contributed by atoms with E-state index in [1.54, 1.807) is 0 Å². The van der Waals surface area contributed by atoms with E-state index in [1.165, 1.54) is 0 Å². The van der Waals surface area contributed by atoms with Gasteiger partial charge in [-0.15, -0.1) is 6.58 Å². The van der Waals surface area contributed by atoms with Crippen LogP contribution in [-0.4, -0.2) is 22.3 Å². The Labute approximate surface area is 129 Å². The molecule has 2 aliphatic rings. The van der Waals surface area contributed by atoms with Crippen LogP contribution < -0.4 is 10.1 Å². The highest BCUT2D eigenvalue weighted by atomic mass is 35.5. The molecule has 0 saturated carbocycles. The summed E-state index contributed by atoms with van der Waals surface area (Å²) in [4.78, 5) is 2.04. The molecule has 2 aliphatic heterocycles. The van der Waals surface area contributed by atoms with E-state index >= 15 is 0 Å². The molecule has 2 heterocycles. The van der Waals surface area contributed by atoms with E-state index in [1.807, 2.05) is 30.0 Å². The van der Waals surface area contributed by atoms with Gasteiger partial charge in [0.2, 0.25) is 0 Å². The number of hydrogen-bond acceptors (Lipinski definition) is 2. The Kier molecular flexibility index (Phi) is 3.18. The Morgan fingerprint density at radius 1 is 1.65 bits per heavy atom. The fraction of sp³-hybridized carbons (Fsp3) is 0.400. The van der Waals surface area contributed by atoms with E-state index in [-0.39, 0.29) is 6.04 Å². The van der Waals surface area contributed by atoms with Crippen molar-refractivity contribution in [3.63, 3.8) is 0 Å². The van der Waals surface area contributed by atoms with E-state index in [4.69, 9.17) is 28.6 Å². The Hall–Kier alpha value is -1.26. The largest absolute Gasteiger partial charge is 0.467 e. The minimum absolute atomic E-state index is 0.148. The van der Waals surface area contributed by atoms with Gasteiger partial charge in [0.25, 0.3) is 0 Å². The third kappa shape index (κ3) is 1.98. The molecule has 0 radical (unpaired) electrons. The van der Waals surface area contributed by atoms with Crippen molar-refractivity contribution in [2.24, 2.45) is 0 Å². The minimum atomic E-state index is -0.438. The van der Waals surface area contributed by atoms with Gasteiger partial charge in [-0.3, -0.25) is 0 Å². The fourth-order valence-electron chi connectivity index (χ4n) is 3.05. The highest BCUT2D eigenvalue weighted by molar-refractivity contribution is 7.80. The van der Waals surface area contributed by atoms with Crippen molar-refractivity contribution in [1.29, 1.82) is 0 Å². The van der Waals surface area contributed by atoms with Gasteiger partial charge in [-0.2, -0.15) is 0 Å². The molecule has 0 spiro atoms. The van der Waals surface area contributed by atoms with Crippen LogP contribution in [0.25, 0.3) is 0 Å². The third-order valence-electron chi connectivity index (χ3n) is 3.97. The summed E-state index contributed by atoms with van der Waals surface area (Å²) < 4.78 is 6.30.